The van der Waals surface area contributed by atoms with Crippen molar-refractivity contribution in [1.29, 1.82) is 0 Å². The number of hydrogen-bond acceptors (Lipinski definition) is 4. The number of halogens is 2. The van der Waals surface area contributed by atoms with Gasteiger partial charge in [-0.2, -0.15) is 0 Å². The number of carbonyl (C=O) groups is 1. The average Bonchev–Trinajstić information content (AvgIpc) is 2.72. The van der Waals surface area contributed by atoms with Gasteiger partial charge in [0.25, 0.3) is 0 Å². The maximum atomic E-state index is 12.5. The normalized spacial score (nSPS) is 16.8. The summed E-state index contributed by atoms with van der Waals surface area (Å²) in [4.78, 5) is 14.9. The van der Waals surface area contributed by atoms with Crippen LogP contribution < -0.4 is 14.5 Å². The lowest BCUT2D eigenvalue weighted by Gasteiger charge is -2.32. The zero-order valence-corrected chi connectivity index (χ0v) is 20.0. The van der Waals surface area contributed by atoms with E-state index in [0.717, 1.165) is 29.2 Å². The summed E-state index contributed by atoms with van der Waals surface area (Å²) < 4.78 is 25.5. The van der Waals surface area contributed by atoms with Gasteiger partial charge < -0.3 is 10.2 Å². The highest BCUT2D eigenvalue weighted by Crippen LogP contribution is 2.33. The molecule has 2 aromatic carbocycles. The van der Waals surface area contributed by atoms with E-state index in [-0.39, 0.29) is 22.3 Å². The van der Waals surface area contributed by atoms with E-state index in [1.54, 1.807) is 12.1 Å². The van der Waals surface area contributed by atoms with Crippen LogP contribution in [0.15, 0.2) is 42.5 Å². The molecule has 1 N–H and O–H groups in total. The second kappa shape index (κ2) is 10.1. The Morgan fingerprint density at radius 3 is 2.55 bits per heavy atom. The van der Waals surface area contributed by atoms with Crippen LogP contribution in [0.3, 0.4) is 0 Å². The van der Waals surface area contributed by atoms with Crippen LogP contribution in [-0.4, -0.2) is 40.2 Å². The molecule has 1 aliphatic rings. The minimum absolute atomic E-state index is 0.0880. The molecule has 9 heteroatoms. The monoisotopic (exact) mass is 483 g/mol. The Balaban J connectivity index is 1.62. The maximum absolute atomic E-state index is 12.5. The minimum Gasteiger partial charge on any atom is -0.371 e. The van der Waals surface area contributed by atoms with Crippen molar-refractivity contribution >= 4 is 50.5 Å². The van der Waals surface area contributed by atoms with Crippen molar-refractivity contribution in [3.8, 4) is 0 Å². The number of anilines is 2. The van der Waals surface area contributed by atoms with E-state index in [1.807, 2.05) is 12.1 Å². The summed E-state index contributed by atoms with van der Waals surface area (Å²) in [5.41, 5.74) is 2.29. The molecule has 1 aliphatic heterocycles. The molecule has 31 heavy (non-hydrogen) atoms. The Bertz CT molecular complexity index is 1030. The second-order valence-corrected chi connectivity index (χ2v) is 10.7. The Hall–Kier alpha value is -1.96. The van der Waals surface area contributed by atoms with Crippen LogP contribution >= 0.6 is 23.2 Å². The predicted octanol–water partition coefficient (Wildman–Crippen LogP) is 4.31. The van der Waals surface area contributed by atoms with Gasteiger partial charge in [-0.1, -0.05) is 48.3 Å². The van der Waals surface area contributed by atoms with Crippen LogP contribution in [0.2, 0.25) is 10.0 Å². The van der Waals surface area contributed by atoms with Crippen LogP contribution in [0.4, 0.5) is 11.4 Å². The number of piperidine rings is 1. The molecule has 0 bridgehead atoms. The molecule has 6 nitrogen and oxygen atoms in total. The maximum Gasteiger partial charge on any atom is 0.241 e. The molecule has 2 aromatic rings. The minimum atomic E-state index is -3.73. The summed E-state index contributed by atoms with van der Waals surface area (Å²) in [5, 5.41) is 3.08. The molecule has 1 heterocycles. The molecule has 168 valence electrons. The number of carbonyl (C=O) groups excluding carboxylic acids is 1. The Morgan fingerprint density at radius 1 is 1.19 bits per heavy atom. The fraction of sp³-hybridized carbons (Fsp3) is 0.409. The highest BCUT2D eigenvalue weighted by atomic mass is 35.5. The number of nitrogens with zero attached hydrogens (tertiary/aromatic N) is 2. The largest absolute Gasteiger partial charge is 0.371 e. The number of sulfonamides is 1. The first-order valence-corrected chi connectivity index (χ1v) is 12.8. The topological polar surface area (TPSA) is 69.7 Å². The fourth-order valence-electron chi connectivity index (χ4n) is 3.70. The molecular weight excluding hydrogens is 457 g/mol. The molecule has 1 saturated heterocycles. The van der Waals surface area contributed by atoms with Gasteiger partial charge in [0, 0.05) is 25.3 Å². The van der Waals surface area contributed by atoms with Crippen LogP contribution in [0.5, 0.6) is 0 Å². The van der Waals surface area contributed by atoms with Crippen LogP contribution in [-0.2, 0) is 21.4 Å². The SMILES string of the molecule is CC1CCCN(c2ccc(CNC(=O)CN(c3cccc(Cl)c3Cl)S(C)(=O)=O)cc2)C1. The van der Waals surface area contributed by atoms with Gasteiger partial charge in [0.2, 0.25) is 15.9 Å². The Morgan fingerprint density at radius 2 is 1.90 bits per heavy atom. The summed E-state index contributed by atoms with van der Waals surface area (Å²) in [7, 11) is -3.73. The number of benzene rings is 2. The fourth-order valence-corrected chi connectivity index (χ4v) is 5.01. The predicted molar refractivity (Wildman–Crippen MR) is 128 cm³/mol. The molecule has 1 fully saturated rings. The van der Waals surface area contributed by atoms with Gasteiger partial charge >= 0.3 is 0 Å². The van der Waals surface area contributed by atoms with Gasteiger partial charge in [-0.15, -0.1) is 0 Å². The van der Waals surface area contributed by atoms with Crippen LogP contribution in [0, 0.1) is 5.92 Å². The van der Waals surface area contributed by atoms with Crippen LogP contribution in [0.1, 0.15) is 25.3 Å². The van der Waals surface area contributed by atoms with Crippen molar-refractivity contribution < 1.29 is 13.2 Å². The summed E-state index contributed by atoms with van der Waals surface area (Å²) in [6.07, 6.45) is 3.50. The van der Waals surface area contributed by atoms with Crippen molar-refractivity contribution in [1.82, 2.24) is 5.32 Å². The van der Waals surface area contributed by atoms with Gasteiger partial charge in [-0.25, -0.2) is 8.42 Å². The molecule has 1 unspecified atom stereocenters. The number of amides is 1. The van der Waals surface area contributed by atoms with Gasteiger partial charge in [0.1, 0.15) is 6.54 Å². The third kappa shape index (κ3) is 6.28. The van der Waals surface area contributed by atoms with E-state index >= 15 is 0 Å². The lowest BCUT2D eigenvalue weighted by atomic mass is 9.99. The van der Waals surface area contributed by atoms with Gasteiger partial charge in [-0.05, 0) is 48.6 Å². The van der Waals surface area contributed by atoms with Crippen molar-refractivity contribution in [3.05, 3.63) is 58.1 Å². The van der Waals surface area contributed by atoms with Gasteiger partial charge in [0.05, 0.1) is 22.0 Å². The van der Waals surface area contributed by atoms with E-state index in [4.69, 9.17) is 23.2 Å². The number of hydrogen-bond donors (Lipinski definition) is 1. The summed E-state index contributed by atoms with van der Waals surface area (Å²) in [5.74, 6) is 0.258. The van der Waals surface area contributed by atoms with E-state index in [2.05, 4.69) is 29.3 Å². The molecular formula is C22H27Cl2N3O3S. The van der Waals surface area contributed by atoms with Crippen LogP contribution in [0.25, 0.3) is 0 Å². The molecule has 0 spiro atoms. The third-order valence-corrected chi connectivity index (χ3v) is 7.27. The van der Waals surface area contributed by atoms with Gasteiger partial charge in [0.15, 0.2) is 0 Å². The molecule has 1 amide bonds. The third-order valence-electron chi connectivity index (χ3n) is 5.34. The number of nitrogens with one attached hydrogen (secondary N) is 1. The molecule has 0 aliphatic carbocycles. The first-order valence-electron chi connectivity index (χ1n) is 10.2. The van der Waals surface area contributed by atoms with E-state index < -0.39 is 15.9 Å². The molecule has 3 rings (SSSR count). The standard InChI is InChI=1S/C22H27Cl2N3O3S/c1-16-5-4-12-26(14-16)18-10-8-17(9-11-18)13-25-21(28)15-27(31(2,29)30)20-7-3-6-19(23)22(20)24/h3,6-11,16H,4-5,12-15H2,1-2H3,(H,25,28). The summed E-state index contributed by atoms with van der Waals surface area (Å²) in [6, 6.07) is 12.8. The lowest BCUT2D eigenvalue weighted by Crippen LogP contribution is -2.40. The number of rotatable bonds is 7. The van der Waals surface area contributed by atoms with Crippen molar-refractivity contribution in [3.63, 3.8) is 0 Å². The zero-order chi connectivity index (χ0) is 22.6. The van der Waals surface area contributed by atoms with E-state index in [9.17, 15) is 13.2 Å². The second-order valence-electron chi connectivity index (χ2n) is 7.98. The first-order chi connectivity index (χ1) is 14.6. The lowest BCUT2D eigenvalue weighted by molar-refractivity contribution is -0.119. The van der Waals surface area contributed by atoms with E-state index in [0.29, 0.717) is 12.5 Å². The summed E-state index contributed by atoms with van der Waals surface area (Å²) in [6.45, 7) is 4.31. The summed E-state index contributed by atoms with van der Waals surface area (Å²) >= 11 is 12.2. The molecule has 0 radical (unpaired) electrons. The van der Waals surface area contributed by atoms with Crippen molar-refractivity contribution in [2.75, 3.05) is 35.1 Å². The first kappa shape index (κ1) is 23.7. The van der Waals surface area contributed by atoms with Gasteiger partial charge in [-0.3, -0.25) is 9.10 Å². The van der Waals surface area contributed by atoms with Crippen molar-refractivity contribution in [2.24, 2.45) is 5.92 Å². The quantitative estimate of drug-likeness (QED) is 0.636. The molecule has 0 saturated carbocycles. The Labute approximate surface area is 194 Å². The smallest absolute Gasteiger partial charge is 0.241 e. The molecule has 0 aromatic heterocycles. The Kier molecular flexibility index (Phi) is 7.73. The average molecular weight is 484 g/mol. The highest BCUT2D eigenvalue weighted by Gasteiger charge is 2.24. The highest BCUT2D eigenvalue weighted by molar-refractivity contribution is 7.92. The molecule has 1 atom stereocenters. The zero-order valence-electron chi connectivity index (χ0n) is 17.6. The van der Waals surface area contributed by atoms with E-state index in [1.165, 1.54) is 24.6 Å². The van der Waals surface area contributed by atoms with Crippen molar-refractivity contribution in [2.45, 2.75) is 26.3 Å².